The molecule has 1 atom stereocenters. The largest absolute Gasteiger partial charge is 0.497 e. The van der Waals surface area contributed by atoms with Gasteiger partial charge in [0.15, 0.2) is 5.96 Å². The van der Waals surface area contributed by atoms with Crippen molar-refractivity contribution in [3.8, 4) is 5.75 Å². The zero-order valence-electron chi connectivity index (χ0n) is 17.9. The Morgan fingerprint density at radius 1 is 1.29 bits per heavy atom. The van der Waals surface area contributed by atoms with E-state index in [-0.39, 0.29) is 6.04 Å². The maximum atomic E-state index is 5.40. The molecule has 1 saturated heterocycles. The van der Waals surface area contributed by atoms with Gasteiger partial charge in [0.25, 0.3) is 0 Å². The van der Waals surface area contributed by atoms with Gasteiger partial charge in [-0.3, -0.25) is 9.89 Å². The van der Waals surface area contributed by atoms with Gasteiger partial charge >= 0.3 is 0 Å². The molecule has 0 spiro atoms. The maximum Gasteiger partial charge on any atom is 0.191 e. The summed E-state index contributed by atoms with van der Waals surface area (Å²) >= 11 is 0. The normalized spacial score (nSPS) is 16.8. The molecule has 1 aliphatic heterocycles. The number of benzene rings is 1. The lowest BCUT2D eigenvalue weighted by atomic mass is 10.1. The summed E-state index contributed by atoms with van der Waals surface area (Å²) in [4.78, 5) is 9.48. The average molecular weight is 392 g/mol. The lowest BCUT2D eigenvalue weighted by molar-refractivity contribution is 0.0376. The summed E-state index contributed by atoms with van der Waals surface area (Å²) in [7, 11) is 5.87. The molecular formula is C21H37N5O2. The van der Waals surface area contributed by atoms with Crippen LogP contribution in [0.1, 0.15) is 24.9 Å². The third kappa shape index (κ3) is 7.66. The molecule has 0 aromatic heterocycles. The van der Waals surface area contributed by atoms with E-state index in [1.807, 2.05) is 12.1 Å². The first-order chi connectivity index (χ1) is 13.6. The summed E-state index contributed by atoms with van der Waals surface area (Å²) in [6.07, 6.45) is 1.09. The Bertz CT molecular complexity index is 588. The van der Waals surface area contributed by atoms with Crippen molar-refractivity contribution in [1.82, 2.24) is 20.4 Å². The number of likely N-dealkylation sites (N-methyl/N-ethyl adjacent to an activating group) is 1. The third-order valence-corrected chi connectivity index (χ3v) is 4.92. The van der Waals surface area contributed by atoms with Crippen molar-refractivity contribution in [2.75, 3.05) is 73.7 Å². The topological polar surface area (TPSA) is 61.4 Å². The number of rotatable bonds is 10. The Labute approximate surface area is 170 Å². The SMILES string of the molecule is CCNC(=NCC(c1cccc(OC)c1)N(C)C)NCCCN1CCOCC1. The number of hydrogen-bond acceptors (Lipinski definition) is 5. The molecule has 28 heavy (non-hydrogen) atoms. The van der Waals surface area contributed by atoms with E-state index in [9.17, 15) is 0 Å². The highest BCUT2D eigenvalue weighted by Gasteiger charge is 2.15. The lowest BCUT2D eigenvalue weighted by Gasteiger charge is -2.26. The van der Waals surface area contributed by atoms with Crippen LogP contribution in [0.4, 0.5) is 0 Å². The molecule has 7 nitrogen and oxygen atoms in total. The van der Waals surface area contributed by atoms with E-state index in [2.05, 4.69) is 53.6 Å². The minimum Gasteiger partial charge on any atom is -0.497 e. The van der Waals surface area contributed by atoms with Gasteiger partial charge < -0.3 is 25.0 Å². The van der Waals surface area contributed by atoms with E-state index < -0.39 is 0 Å². The Kier molecular flexibility index (Phi) is 10.1. The van der Waals surface area contributed by atoms with Crippen molar-refractivity contribution in [1.29, 1.82) is 0 Å². The fraction of sp³-hybridized carbons (Fsp3) is 0.667. The summed E-state index contributed by atoms with van der Waals surface area (Å²) in [5.74, 6) is 1.75. The van der Waals surface area contributed by atoms with Crippen molar-refractivity contribution in [3.63, 3.8) is 0 Å². The molecule has 1 fully saturated rings. The molecule has 2 N–H and O–H groups in total. The minimum atomic E-state index is 0.193. The van der Waals surface area contributed by atoms with Gasteiger partial charge in [0.1, 0.15) is 5.75 Å². The number of hydrogen-bond donors (Lipinski definition) is 2. The van der Waals surface area contributed by atoms with Gasteiger partial charge in [0.2, 0.25) is 0 Å². The zero-order chi connectivity index (χ0) is 20.2. The maximum absolute atomic E-state index is 5.40. The predicted molar refractivity (Wildman–Crippen MR) is 115 cm³/mol. The smallest absolute Gasteiger partial charge is 0.191 e. The second kappa shape index (κ2) is 12.6. The molecule has 0 aliphatic carbocycles. The fourth-order valence-corrected chi connectivity index (χ4v) is 3.27. The molecular weight excluding hydrogens is 354 g/mol. The standard InChI is InChI=1S/C21H37N5O2/c1-5-22-21(23-10-7-11-26-12-14-28-15-13-26)24-17-20(25(2)3)18-8-6-9-19(16-18)27-4/h6,8-9,16,20H,5,7,10-15,17H2,1-4H3,(H2,22,23,24). The van der Waals surface area contributed by atoms with Gasteiger partial charge in [-0.1, -0.05) is 12.1 Å². The first kappa shape index (κ1) is 22.5. The Balaban J connectivity index is 1.88. The molecule has 1 unspecified atom stereocenters. The van der Waals surface area contributed by atoms with Crippen LogP contribution in [-0.4, -0.2) is 89.4 Å². The van der Waals surface area contributed by atoms with Gasteiger partial charge in [-0.05, 0) is 51.7 Å². The van der Waals surface area contributed by atoms with Gasteiger partial charge in [-0.15, -0.1) is 0 Å². The van der Waals surface area contributed by atoms with Crippen molar-refractivity contribution < 1.29 is 9.47 Å². The van der Waals surface area contributed by atoms with Crippen molar-refractivity contribution in [3.05, 3.63) is 29.8 Å². The number of aliphatic imine (C=N–C) groups is 1. The second-order valence-electron chi connectivity index (χ2n) is 7.21. The van der Waals surface area contributed by atoms with E-state index in [0.29, 0.717) is 6.54 Å². The average Bonchev–Trinajstić information content (AvgIpc) is 2.72. The summed E-state index contributed by atoms with van der Waals surface area (Å²) in [6, 6.07) is 8.41. The van der Waals surface area contributed by atoms with Crippen molar-refractivity contribution in [2.24, 2.45) is 4.99 Å². The third-order valence-electron chi connectivity index (χ3n) is 4.92. The van der Waals surface area contributed by atoms with Crippen LogP contribution in [0, 0.1) is 0 Å². The Hall–Kier alpha value is -1.83. The van der Waals surface area contributed by atoms with Crippen LogP contribution in [0.2, 0.25) is 0 Å². The summed E-state index contributed by atoms with van der Waals surface area (Å²) in [6.45, 7) is 9.42. The molecule has 0 amide bonds. The van der Waals surface area contributed by atoms with E-state index >= 15 is 0 Å². The van der Waals surface area contributed by atoms with Gasteiger partial charge in [0.05, 0.1) is 32.9 Å². The lowest BCUT2D eigenvalue weighted by Crippen LogP contribution is -2.41. The summed E-state index contributed by atoms with van der Waals surface area (Å²) in [5, 5.41) is 6.82. The van der Waals surface area contributed by atoms with E-state index in [0.717, 1.165) is 64.1 Å². The first-order valence-corrected chi connectivity index (χ1v) is 10.3. The molecule has 2 rings (SSSR count). The highest BCUT2D eigenvalue weighted by molar-refractivity contribution is 5.79. The number of guanidine groups is 1. The molecule has 1 heterocycles. The number of nitrogens with zero attached hydrogens (tertiary/aromatic N) is 3. The predicted octanol–water partition coefficient (Wildman–Crippen LogP) is 1.58. The van der Waals surface area contributed by atoms with Crippen LogP contribution >= 0.6 is 0 Å². The van der Waals surface area contributed by atoms with Crippen molar-refractivity contribution >= 4 is 5.96 Å². The molecule has 7 heteroatoms. The number of ether oxygens (including phenoxy) is 2. The zero-order valence-corrected chi connectivity index (χ0v) is 17.9. The quantitative estimate of drug-likeness (QED) is 0.359. The highest BCUT2D eigenvalue weighted by Crippen LogP contribution is 2.22. The van der Waals surface area contributed by atoms with Crippen molar-refractivity contribution in [2.45, 2.75) is 19.4 Å². The number of methoxy groups -OCH3 is 1. The molecule has 1 aromatic rings. The molecule has 0 saturated carbocycles. The number of nitrogens with one attached hydrogen (secondary N) is 2. The molecule has 158 valence electrons. The fourth-order valence-electron chi connectivity index (χ4n) is 3.27. The molecule has 1 aromatic carbocycles. The van der Waals surface area contributed by atoms with Crippen LogP contribution < -0.4 is 15.4 Å². The number of morpholine rings is 1. The van der Waals surface area contributed by atoms with E-state index in [1.165, 1.54) is 5.56 Å². The van der Waals surface area contributed by atoms with Gasteiger partial charge in [-0.25, -0.2) is 0 Å². The van der Waals surface area contributed by atoms with Gasteiger partial charge in [-0.2, -0.15) is 0 Å². The van der Waals surface area contributed by atoms with Crippen LogP contribution in [0.3, 0.4) is 0 Å². The highest BCUT2D eigenvalue weighted by atomic mass is 16.5. The monoisotopic (exact) mass is 391 g/mol. The molecule has 1 aliphatic rings. The minimum absolute atomic E-state index is 0.193. The first-order valence-electron chi connectivity index (χ1n) is 10.3. The van der Waals surface area contributed by atoms with Crippen LogP contribution in [0.5, 0.6) is 5.75 Å². The summed E-state index contributed by atoms with van der Waals surface area (Å²) < 4.78 is 10.8. The molecule has 0 bridgehead atoms. The Morgan fingerprint density at radius 3 is 2.75 bits per heavy atom. The van der Waals surface area contributed by atoms with Crippen LogP contribution in [0.15, 0.2) is 29.3 Å². The van der Waals surface area contributed by atoms with E-state index in [4.69, 9.17) is 14.5 Å². The Morgan fingerprint density at radius 2 is 2.07 bits per heavy atom. The van der Waals surface area contributed by atoms with Crippen LogP contribution in [-0.2, 0) is 4.74 Å². The van der Waals surface area contributed by atoms with Crippen LogP contribution in [0.25, 0.3) is 0 Å². The summed E-state index contributed by atoms with van der Waals surface area (Å²) in [5.41, 5.74) is 1.20. The second-order valence-corrected chi connectivity index (χ2v) is 7.21. The molecule has 0 radical (unpaired) electrons. The van der Waals surface area contributed by atoms with Gasteiger partial charge in [0, 0.05) is 26.2 Å². The van der Waals surface area contributed by atoms with E-state index in [1.54, 1.807) is 7.11 Å².